The van der Waals surface area contributed by atoms with Gasteiger partial charge in [0.15, 0.2) is 0 Å². The van der Waals surface area contributed by atoms with Gasteiger partial charge in [-0.2, -0.15) is 0 Å². The van der Waals surface area contributed by atoms with Crippen molar-refractivity contribution in [1.82, 2.24) is 25.2 Å². The molecule has 0 fully saturated rings. The lowest BCUT2D eigenvalue weighted by Crippen LogP contribution is -2.36. The third-order valence-electron chi connectivity index (χ3n) is 3.48. The van der Waals surface area contributed by atoms with Crippen molar-refractivity contribution in [2.75, 3.05) is 19.6 Å². The van der Waals surface area contributed by atoms with Gasteiger partial charge in [0.1, 0.15) is 11.4 Å². The van der Waals surface area contributed by atoms with Crippen molar-refractivity contribution in [3.8, 4) is 5.69 Å². The first-order valence-corrected chi connectivity index (χ1v) is 8.63. The average molecular weight is 391 g/mol. The molecule has 9 heteroatoms. The quantitative estimate of drug-likeness (QED) is 0.788. The minimum Gasteiger partial charge on any atom is -0.349 e. The van der Waals surface area contributed by atoms with Crippen molar-refractivity contribution in [3.63, 3.8) is 0 Å². The zero-order valence-electron chi connectivity index (χ0n) is 13.4. The fraction of sp³-hybridized carbons (Fsp3) is 0.400. The molecule has 1 N–H and O–H groups in total. The van der Waals surface area contributed by atoms with Crippen molar-refractivity contribution in [2.24, 2.45) is 0 Å². The Bertz CT molecular complexity index is 692. The van der Waals surface area contributed by atoms with Crippen molar-refractivity contribution in [2.45, 2.75) is 20.4 Å². The summed E-state index contributed by atoms with van der Waals surface area (Å²) in [5, 5.41) is 12.0. The van der Waals surface area contributed by atoms with Gasteiger partial charge in [0.25, 0.3) is 0 Å². The number of aromatic nitrogens is 3. The van der Waals surface area contributed by atoms with Crippen LogP contribution in [0.15, 0.2) is 18.3 Å². The van der Waals surface area contributed by atoms with Gasteiger partial charge in [-0.15, -0.1) is 5.10 Å². The summed E-state index contributed by atoms with van der Waals surface area (Å²) >= 11 is 18.2. The molecule has 0 unspecified atom stereocenters. The molecular formula is C15H18Cl3N5O. The van der Waals surface area contributed by atoms with E-state index in [1.54, 1.807) is 18.3 Å². The Labute approximate surface area is 155 Å². The summed E-state index contributed by atoms with van der Waals surface area (Å²) in [5.74, 6) is -0.0594. The molecule has 2 rings (SSSR count). The molecule has 2 aromatic rings. The first-order chi connectivity index (χ1) is 11.4. The van der Waals surface area contributed by atoms with Crippen molar-refractivity contribution >= 4 is 40.7 Å². The maximum Gasteiger partial charge on any atom is 0.234 e. The SMILES string of the molecule is CCN(CC)CC(=O)NCc1cn(-c2c(Cl)cc(Cl)cc2Cl)nn1. The molecule has 0 aliphatic heterocycles. The normalized spacial score (nSPS) is 11.1. The third-order valence-corrected chi connectivity index (χ3v) is 4.27. The van der Waals surface area contributed by atoms with Crippen LogP contribution in [0.4, 0.5) is 0 Å². The van der Waals surface area contributed by atoms with Gasteiger partial charge in [-0.1, -0.05) is 53.9 Å². The van der Waals surface area contributed by atoms with E-state index in [9.17, 15) is 4.79 Å². The molecule has 1 heterocycles. The largest absolute Gasteiger partial charge is 0.349 e. The second-order valence-electron chi connectivity index (χ2n) is 5.11. The second kappa shape index (κ2) is 8.67. The van der Waals surface area contributed by atoms with E-state index in [1.165, 1.54) is 4.68 Å². The molecule has 0 saturated heterocycles. The lowest BCUT2D eigenvalue weighted by molar-refractivity contribution is -0.122. The molecule has 6 nitrogen and oxygen atoms in total. The van der Waals surface area contributed by atoms with E-state index in [-0.39, 0.29) is 12.5 Å². The van der Waals surface area contributed by atoms with Crippen LogP contribution in [0.2, 0.25) is 15.1 Å². The topological polar surface area (TPSA) is 63.1 Å². The minimum absolute atomic E-state index is 0.0594. The van der Waals surface area contributed by atoms with E-state index in [0.29, 0.717) is 33.0 Å². The van der Waals surface area contributed by atoms with Crippen LogP contribution < -0.4 is 5.32 Å². The highest BCUT2D eigenvalue weighted by molar-refractivity contribution is 6.40. The van der Waals surface area contributed by atoms with Gasteiger partial charge in [0, 0.05) is 5.02 Å². The standard InChI is InChI=1S/C15H18Cl3N5O/c1-3-22(4-2)9-14(24)19-7-11-8-23(21-20-11)15-12(17)5-10(16)6-13(15)18/h5-6,8H,3-4,7,9H2,1-2H3,(H,19,24). The van der Waals surface area contributed by atoms with Crippen LogP contribution in [0.1, 0.15) is 19.5 Å². The van der Waals surface area contributed by atoms with Gasteiger partial charge < -0.3 is 5.32 Å². The number of hydrogen-bond acceptors (Lipinski definition) is 4. The van der Waals surface area contributed by atoms with Crippen LogP contribution in [0.3, 0.4) is 0 Å². The molecule has 1 aromatic heterocycles. The van der Waals surface area contributed by atoms with Gasteiger partial charge in [0.2, 0.25) is 5.91 Å². The number of halogens is 3. The third kappa shape index (κ3) is 4.83. The van der Waals surface area contributed by atoms with Gasteiger partial charge in [-0.05, 0) is 25.2 Å². The van der Waals surface area contributed by atoms with E-state index >= 15 is 0 Å². The van der Waals surface area contributed by atoms with Crippen molar-refractivity contribution in [1.29, 1.82) is 0 Å². The summed E-state index contributed by atoms with van der Waals surface area (Å²) in [6.45, 7) is 6.32. The smallest absolute Gasteiger partial charge is 0.234 e. The number of hydrogen-bond donors (Lipinski definition) is 1. The summed E-state index contributed by atoms with van der Waals surface area (Å²) in [6.07, 6.45) is 1.67. The summed E-state index contributed by atoms with van der Waals surface area (Å²) in [7, 11) is 0. The Morgan fingerprint density at radius 1 is 1.21 bits per heavy atom. The number of carbonyl (C=O) groups excluding carboxylic acids is 1. The predicted octanol–water partition coefficient (Wildman–Crippen LogP) is 3.19. The Morgan fingerprint density at radius 3 is 2.42 bits per heavy atom. The molecule has 1 aromatic carbocycles. The Hall–Kier alpha value is -1.34. The van der Waals surface area contributed by atoms with Crippen LogP contribution in [-0.4, -0.2) is 45.4 Å². The van der Waals surface area contributed by atoms with Gasteiger partial charge in [-0.25, -0.2) is 4.68 Å². The number of rotatable bonds is 7. The van der Waals surface area contributed by atoms with E-state index < -0.39 is 0 Å². The molecular weight excluding hydrogens is 373 g/mol. The van der Waals surface area contributed by atoms with Crippen LogP contribution in [0.25, 0.3) is 5.69 Å². The van der Waals surface area contributed by atoms with Crippen LogP contribution in [0, 0.1) is 0 Å². The molecule has 0 radical (unpaired) electrons. The first kappa shape index (κ1) is 19.0. The Morgan fingerprint density at radius 2 is 1.83 bits per heavy atom. The Balaban J connectivity index is 2.03. The van der Waals surface area contributed by atoms with Gasteiger partial charge >= 0.3 is 0 Å². The highest BCUT2D eigenvalue weighted by Crippen LogP contribution is 2.31. The zero-order chi connectivity index (χ0) is 17.7. The molecule has 0 atom stereocenters. The van der Waals surface area contributed by atoms with E-state index in [2.05, 4.69) is 15.6 Å². The minimum atomic E-state index is -0.0594. The first-order valence-electron chi connectivity index (χ1n) is 7.49. The molecule has 0 aliphatic carbocycles. The summed E-state index contributed by atoms with van der Waals surface area (Å²) < 4.78 is 1.47. The van der Waals surface area contributed by atoms with Crippen LogP contribution in [0.5, 0.6) is 0 Å². The van der Waals surface area contributed by atoms with Crippen molar-refractivity contribution in [3.05, 3.63) is 39.1 Å². The van der Waals surface area contributed by atoms with E-state index in [0.717, 1.165) is 13.1 Å². The molecule has 0 aliphatic rings. The van der Waals surface area contributed by atoms with E-state index in [1.807, 2.05) is 18.7 Å². The lowest BCUT2D eigenvalue weighted by atomic mass is 10.3. The lowest BCUT2D eigenvalue weighted by Gasteiger charge is -2.16. The number of amides is 1. The molecule has 1 amide bonds. The molecule has 0 saturated carbocycles. The van der Waals surface area contributed by atoms with Gasteiger partial charge in [0.05, 0.1) is 29.3 Å². The predicted molar refractivity (Wildman–Crippen MR) is 96.0 cm³/mol. The average Bonchev–Trinajstić information content (AvgIpc) is 2.98. The monoisotopic (exact) mass is 389 g/mol. The fourth-order valence-electron chi connectivity index (χ4n) is 2.14. The molecule has 24 heavy (non-hydrogen) atoms. The van der Waals surface area contributed by atoms with E-state index in [4.69, 9.17) is 34.8 Å². The molecule has 0 spiro atoms. The number of likely N-dealkylation sites (N-methyl/N-ethyl adjacent to an activating group) is 1. The number of nitrogens with zero attached hydrogens (tertiary/aromatic N) is 4. The summed E-state index contributed by atoms with van der Waals surface area (Å²) in [4.78, 5) is 13.9. The maximum absolute atomic E-state index is 11.9. The van der Waals surface area contributed by atoms with Crippen molar-refractivity contribution < 1.29 is 4.79 Å². The number of benzene rings is 1. The van der Waals surface area contributed by atoms with Crippen LogP contribution in [-0.2, 0) is 11.3 Å². The van der Waals surface area contributed by atoms with Crippen LogP contribution >= 0.6 is 34.8 Å². The molecule has 130 valence electrons. The van der Waals surface area contributed by atoms with Gasteiger partial charge in [-0.3, -0.25) is 9.69 Å². The summed E-state index contributed by atoms with van der Waals surface area (Å²) in [6, 6.07) is 3.16. The number of nitrogens with one attached hydrogen (secondary N) is 1. The highest BCUT2D eigenvalue weighted by atomic mass is 35.5. The maximum atomic E-state index is 11.9. The second-order valence-corrected chi connectivity index (χ2v) is 6.36. The fourth-order valence-corrected chi connectivity index (χ4v) is 3.13. The zero-order valence-corrected chi connectivity index (χ0v) is 15.7. The number of carbonyl (C=O) groups is 1. The highest BCUT2D eigenvalue weighted by Gasteiger charge is 2.13. The molecule has 0 bridgehead atoms. The summed E-state index contributed by atoms with van der Waals surface area (Å²) in [5.41, 5.74) is 1.10. The Kier molecular flexibility index (Phi) is 6.86.